The summed E-state index contributed by atoms with van der Waals surface area (Å²) in [5.41, 5.74) is 1.45. The van der Waals surface area contributed by atoms with Crippen molar-refractivity contribution in [2.45, 2.75) is 51.0 Å². The Balaban J connectivity index is 1.41. The molecule has 4 rings (SSSR count). The van der Waals surface area contributed by atoms with E-state index in [1.54, 1.807) is 4.57 Å². The molecular weight excluding hydrogens is 462 g/mol. The van der Waals surface area contributed by atoms with Crippen LogP contribution in [0.4, 0.5) is 8.78 Å². The fourth-order valence-corrected chi connectivity index (χ4v) is 6.49. The number of aryl methyl sites for hydroxylation is 1. The predicted octanol–water partition coefficient (Wildman–Crippen LogP) is 3.25. The van der Waals surface area contributed by atoms with Crippen LogP contribution < -0.4 is 5.69 Å². The van der Waals surface area contributed by atoms with Gasteiger partial charge in [0, 0.05) is 50.2 Å². The van der Waals surface area contributed by atoms with Gasteiger partial charge in [-0.2, -0.15) is 0 Å². The van der Waals surface area contributed by atoms with Crippen molar-refractivity contribution in [1.29, 1.82) is 0 Å². The van der Waals surface area contributed by atoms with Crippen molar-refractivity contribution in [3.05, 3.63) is 57.8 Å². The van der Waals surface area contributed by atoms with Crippen molar-refractivity contribution >= 4 is 10.0 Å². The number of aromatic nitrogens is 2. The molecule has 2 aliphatic heterocycles. The Labute approximate surface area is 199 Å². The van der Waals surface area contributed by atoms with Crippen molar-refractivity contribution in [2.24, 2.45) is 5.92 Å². The van der Waals surface area contributed by atoms with E-state index >= 15 is 0 Å². The van der Waals surface area contributed by atoms with Gasteiger partial charge in [-0.3, -0.25) is 4.57 Å². The fourth-order valence-electron chi connectivity index (χ4n) is 5.62. The highest BCUT2D eigenvalue weighted by molar-refractivity contribution is 7.88. The van der Waals surface area contributed by atoms with Crippen LogP contribution in [0.2, 0.25) is 0 Å². The van der Waals surface area contributed by atoms with Gasteiger partial charge in [0.15, 0.2) is 0 Å². The van der Waals surface area contributed by atoms with Gasteiger partial charge in [-0.1, -0.05) is 0 Å². The number of rotatable bonds is 7. The molecule has 0 aliphatic carbocycles. The van der Waals surface area contributed by atoms with Crippen LogP contribution in [0.3, 0.4) is 0 Å². The summed E-state index contributed by atoms with van der Waals surface area (Å²) in [5, 5.41) is 0. The second-order valence-corrected chi connectivity index (χ2v) is 11.8. The van der Waals surface area contributed by atoms with Crippen LogP contribution in [0, 0.1) is 24.5 Å². The number of halogens is 2. The predicted molar refractivity (Wildman–Crippen MR) is 127 cm³/mol. The molecule has 3 heterocycles. The minimum Gasteiger partial charge on any atom is -0.310 e. The van der Waals surface area contributed by atoms with Crippen molar-refractivity contribution in [3.63, 3.8) is 0 Å². The van der Waals surface area contributed by atoms with Crippen molar-refractivity contribution in [2.75, 3.05) is 39.0 Å². The number of hydrogen-bond donors (Lipinski definition) is 1. The van der Waals surface area contributed by atoms with E-state index in [-0.39, 0.29) is 23.6 Å². The van der Waals surface area contributed by atoms with E-state index in [9.17, 15) is 22.0 Å². The summed E-state index contributed by atoms with van der Waals surface area (Å²) in [6.45, 7) is 5.27. The maximum Gasteiger partial charge on any atom is 0.325 e. The smallest absolute Gasteiger partial charge is 0.310 e. The largest absolute Gasteiger partial charge is 0.325 e. The number of likely N-dealkylation sites (tertiary alicyclic amines) is 1. The van der Waals surface area contributed by atoms with Crippen molar-refractivity contribution in [3.8, 4) is 0 Å². The summed E-state index contributed by atoms with van der Waals surface area (Å²) < 4.78 is 55.2. The van der Waals surface area contributed by atoms with Crippen LogP contribution in [-0.2, 0) is 10.0 Å². The highest BCUT2D eigenvalue weighted by Crippen LogP contribution is 2.37. The number of sulfonamides is 1. The number of nitrogens with one attached hydrogen (secondary N) is 1. The van der Waals surface area contributed by atoms with Gasteiger partial charge in [0.1, 0.15) is 11.6 Å². The molecule has 0 spiro atoms. The van der Waals surface area contributed by atoms with E-state index in [1.165, 1.54) is 22.7 Å². The van der Waals surface area contributed by atoms with Gasteiger partial charge >= 0.3 is 5.69 Å². The molecule has 0 unspecified atom stereocenters. The van der Waals surface area contributed by atoms with E-state index in [0.717, 1.165) is 50.7 Å². The highest BCUT2D eigenvalue weighted by Gasteiger charge is 2.32. The molecule has 34 heavy (non-hydrogen) atoms. The second-order valence-electron chi connectivity index (χ2n) is 9.82. The lowest BCUT2D eigenvalue weighted by molar-refractivity contribution is 0.166. The first-order valence-electron chi connectivity index (χ1n) is 12.0. The van der Waals surface area contributed by atoms with Crippen molar-refractivity contribution < 1.29 is 17.2 Å². The number of hydrogen-bond acceptors (Lipinski definition) is 4. The van der Waals surface area contributed by atoms with Crippen LogP contribution in [0.5, 0.6) is 0 Å². The number of benzene rings is 1. The molecule has 2 saturated heterocycles. The lowest BCUT2D eigenvalue weighted by Gasteiger charge is -2.37. The Kier molecular flexibility index (Phi) is 7.59. The number of H-pyrrole nitrogens is 1. The molecule has 7 nitrogen and oxygen atoms in total. The zero-order valence-electron chi connectivity index (χ0n) is 19.8. The maximum absolute atomic E-state index is 14.0. The molecule has 1 aromatic carbocycles. The van der Waals surface area contributed by atoms with Crippen LogP contribution in [0.1, 0.15) is 55.3 Å². The van der Waals surface area contributed by atoms with Gasteiger partial charge in [0.05, 0.1) is 6.26 Å². The zero-order chi connectivity index (χ0) is 24.5. The van der Waals surface area contributed by atoms with E-state index in [4.69, 9.17) is 0 Å². The highest BCUT2D eigenvalue weighted by atomic mass is 32.2. The van der Waals surface area contributed by atoms with E-state index in [0.29, 0.717) is 31.5 Å². The molecule has 188 valence electrons. The molecule has 0 bridgehead atoms. The molecule has 0 amide bonds. The van der Waals surface area contributed by atoms with E-state index in [1.807, 2.05) is 13.1 Å². The van der Waals surface area contributed by atoms with Gasteiger partial charge in [0.2, 0.25) is 10.0 Å². The molecule has 1 atom stereocenters. The zero-order valence-corrected chi connectivity index (χ0v) is 20.7. The number of imidazole rings is 1. The molecule has 0 saturated carbocycles. The summed E-state index contributed by atoms with van der Waals surface area (Å²) in [6, 6.07) is 3.91. The number of nitrogens with zero attached hydrogens (tertiary/aromatic N) is 3. The average Bonchev–Trinajstić information content (AvgIpc) is 3.11. The molecule has 1 N–H and O–H groups in total. The van der Waals surface area contributed by atoms with Gasteiger partial charge < -0.3 is 9.88 Å². The molecule has 2 fully saturated rings. The molecule has 0 radical (unpaired) electrons. The summed E-state index contributed by atoms with van der Waals surface area (Å²) in [6.07, 6.45) is 6.95. The SMILES string of the molecule is Cc1cn(C2CCN(CC[C@@H](c3cc(F)cc(F)c3)C3CCN(S(C)(=O)=O)CC3)CC2)c(=O)[nH]1. The van der Waals surface area contributed by atoms with Crippen LogP contribution in [-0.4, -0.2) is 66.2 Å². The summed E-state index contributed by atoms with van der Waals surface area (Å²) in [7, 11) is -3.23. The third-order valence-corrected chi connectivity index (χ3v) is 8.73. The Morgan fingerprint density at radius 3 is 2.18 bits per heavy atom. The summed E-state index contributed by atoms with van der Waals surface area (Å²) in [4.78, 5) is 17.3. The monoisotopic (exact) mass is 496 g/mol. The lowest BCUT2D eigenvalue weighted by atomic mass is 9.78. The first-order chi connectivity index (χ1) is 16.1. The van der Waals surface area contributed by atoms with Gasteiger partial charge in [-0.05, 0) is 75.1 Å². The number of aromatic amines is 1. The summed E-state index contributed by atoms with van der Waals surface area (Å²) >= 11 is 0. The van der Waals surface area contributed by atoms with Crippen molar-refractivity contribution in [1.82, 2.24) is 18.8 Å². The standard InChI is InChI=1S/C24H34F2N4O3S/c1-17-16-30(24(31)27-17)22-5-8-28(9-6-22)10-7-23(19-13-20(25)15-21(26)14-19)18-3-11-29(12-4-18)34(2,32)33/h13-16,18,22-23H,3-12H2,1-2H3,(H,27,31)/t23-/m1/s1. The fraction of sp³-hybridized carbons (Fsp3) is 0.625. The lowest BCUT2D eigenvalue weighted by Crippen LogP contribution is -2.40. The minimum atomic E-state index is -3.23. The molecular formula is C24H34F2N4O3S. The third kappa shape index (κ3) is 5.95. The normalized spacial score (nSPS) is 20.6. The first kappa shape index (κ1) is 25.1. The average molecular weight is 497 g/mol. The topological polar surface area (TPSA) is 78.4 Å². The Morgan fingerprint density at radius 2 is 1.65 bits per heavy atom. The van der Waals surface area contributed by atoms with E-state index < -0.39 is 21.7 Å². The quantitative estimate of drug-likeness (QED) is 0.638. The molecule has 1 aromatic heterocycles. The Hall–Kier alpha value is -2.04. The molecule has 2 aromatic rings. The maximum atomic E-state index is 14.0. The van der Waals surface area contributed by atoms with E-state index in [2.05, 4.69) is 9.88 Å². The summed E-state index contributed by atoms with van der Waals surface area (Å²) in [5.74, 6) is -1.04. The van der Waals surface area contributed by atoms with Crippen LogP contribution in [0.15, 0.2) is 29.2 Å². The first-order valence-corrected chi connectivity index (χ1v) is 13.9. The molecule has 2 aliphatic rings. The van der Waals surface area contributed by atoms with Crippen LogP contribution >= 0.6 is 0 Å². The van der Waals surface area contributed by atoms with Gasteiger partial charge in [-0.25, -0.2) is 26.3 Å². The Morgan fingerprint density at radius 1 is 1.03 bits per heavy atom. The third-order valence-electron chi connectivity index (χ3n) is 7.43. The number of piperidine rings is 2. The van der Waals surface area contributed by atoms with Crippen LogP contribution in [0.25, 0.3) is 0 Å². The second kappa shape index (κ2) is 10.3. The minimum absolute atomic E-state index is 0.0421. The molecule has 10 heteroatoms. The van der Waals surface area contributed by atoms with Gasteiger partial charge in [0.25, 0.3) is 0 Å². The Bertz CT molecular complexity index is 1130. The van der Waals surface area contributed by atoms with Gasteiger partial charge in [-0.15, -0.1) is 0 Å².